The van der Waals surface area contributed by atoms with Crippen molar-refractivity contribution in [2.24, 2.45) is 5.73 Å². The molecule has 0 heterocycles. The molecule has 0 spiro atoms. The van der Waals surface area contributed by atoms with Gasteiger partial charge in [0.05, 0.1) is 0 Å². The van der Waals surface area contributed by atoms with Crippen LogP contribution in [-0.2, 0) is 0 Å². The summed E-state index contributed by atoms with van der Waals surface area (Å²) in [5.74, 6) is 0.153. The first-order valence-corrected chi connectivity index (χ1v) is 7.50. The molecule has 0 aliphatic heterocycles. The molecule has 3 heteroatoms. The second kappa shape index (κ2) is 5.96. The summed E-state index contributed by atoms with van der Waals surface area (Å²) in [6, 6.07) is 4.83. The predicted molar refractivity (Wildman–Crippen MR) is 83.0 cm³/mol. The van der Waals surface area contributed by atoms with Gasteiger partial charge in [-0.15, -0.1) is 0 Å². The topological polar surface area (TPSA) is 46.3 Å². The maximum absolute atomic E-state index is 12.8. The Bertz CT molecular complexity index is 479. The number of carbonyl (C=O) groups excluding carboxylic acids is 1. The maximum Gasteiger partial charge on any atom is 0.254 e. The zero-order valence-electron chi connectivity index (χ0n) is 13.1. The molecular formula is C17H26N2O. The highest BCUT2D eigenvalue weighted by molar-refractivity contribution is 5.97. The molecule has 1 aliphatic rings. The molecule has 110 valence electrons. The van der Waals surface area contributed by atoms with E-state index < -0.39 is 0 Å². The maximum atomic E-state index is 12.8. The fraction of sp³-hybridized carbons (Fsp3) is 0.588. The fourth-order valence-electron chi connectivity index (χ4n) is 3.35. The lowest BCUT2D eigenvalue weighted by atomic mass is 9.90. The third-order valence-electron chi connectivity index (χ3n) is 4.50. The van der Waals surface area contributed by atoms with E-state index in [0.29, 0.717) is 12.1 Å². The molecule has 1 amide bonds. The van der Waals surface area contributed by atoms with Gasteiger partial charge in [0.1, 0.15) is 0 Å². The van der Waals surface area contributed by atoms with Crippen molar-refractivity contribution in [1.29, 1.82) is 0 Å². The molecule has 0 saturated heterocycles. The smallest absolute Gasteiger partial charge is 0.254 e. The largest absolute Gasteiger partial charge is 0.339 e. The van der Waals surface area contributed by atoms with Gasteiger partial charge in [-0.1, -0.05) is 17.7 Å². The summed E-state index contributed by atoms with van der Waals surface area (Å²) in [6.45, 7) is 6.12. The van der Waals surface area contributed by atoms with Crippen LogP contribution >= 0.6 is 0 Å². The second-order valence-electron chi connectivity index (χ2n) is 6.26. The molecule has 2 rings (SSSR count). The van der Waals surface area contributed by atoms with Crippen LogP contribution in [0.3, 0.4) is 0 Å². The second-order valence-corrected chi connectivity index (χ2v) is 6.26. The Morgan fingerprint density at radius 3 is 2.10 bits per heavy atom. The number of hydrogen-bond donors (Lipinski definition) is 1. The van der Waals surface area contributed by atoms with Crippen LogP contribution in [-0.4, -0.2) is 29.9 Å². The molecule has 20 heavy (non-hydrogen) atoms. The van der Waals surface area contributed by atoms with Gasteiger partial charge in [-0.25, -0.2) is 0 Å². The van der Waals surface area contributed by atoms with E-state index in [1.807, 2.05) is 25.8 Å². The molecule has 0 unspecified atom stereocenters. The van der Waals surface area contributed by atoms with Crippen molar-refractivity contribution in [3.8, 4) is 0 Å². The van der Waals surface area contributed by atoms with Crippen molar-refractivity contribution in [2.75, 3.05) is 7.05 Å². The lowest BCUT2D eigenvalue weighted by molar-refractivity contribution is 0.0688. The van der Waals surface area contributed by atoms with Gasteiger partial charge in [-0.05, 0) is 57.6 Å². The van der Waals surface area contributed by atoms with Crippen LogP contribution in [0.15, 0.2) is 12.1 Å². The number of nitrogens with two attached hydrogens (primary N) is 1. The van der Waals surface area contributed by atoms with E-state index in [-0.39, 0.29) is 5.91 Å². The number of benzene rings is 1. The average molecular weight is 274 g/mol. The zero-order chi connectivity index (χ0) is 14.9. The molecule has 1 aromatic rings. The fourth-order valence-corrected chi connectivity index (χ4v) is 3.35. The van der Waals surface area contributed by atoms with E-state index in [2.05, 4.69) is 19.1 Å². The van der Waals surface area contributed by atoms with Crippen molar-refractivity contribution < 1.29 is 4.79 Å². The van der Waals surface area contributed by atoms with Crippen LogP contribution in [0.2, 0.25) is 0 Å². The third kappa shape index (κ3) is 3.04. The predicted octanol–water partition coefficient (Wildman–Crippen LogP) is 2.95. The van der Waals surface area contributed by atoms with Crippen LogP contribution in [0.5, 0.6) is 0 Å². The van der Waals surface area contributed by atoms with Crippen LogP contribution in [0, 0.1) is 20.8 Å². The van der Waals surface area contributed by atoms with Gasteiger partial charge in [0.2, 0.25) is 0 Å². The van der Waals surface area contributed by atoms with E-state index in [1.54, 1.807) is 0 Å². The molecule has 0 bridgehead atoms. The van der Waals surface area contributed by atoms with E-state index >= 15 is 0 Å². The van der Waals surface area contributed by atoms with Crippen molar-refractivity contribution in [3.05, 3.63) is 34.4 Å². The Morgan fingerprint density at radius 1 is 1.10 bits per heavy atom. The normalized spacial score (nSPS) is 22.6. The average Bonchev–Trinajstić information content (AvgIpc) is 2.37. The quantitative estimate of drug-likeness (QED) is 0.901. The minimum Gasteiger partial charge on any atom is -0.339 e. The monoisotopic (exact) mass is 274 g/mol. The van der Waals surface area contributed by atoms with Crippen molar-refractivity contribution in [1.82, 2.24) is 4.90 Å². The first kappa shape index (κ1) is 15.0. The Morgan fingerprint density at radius 2 is 1.60 bits per heavy atom. The van der Waals surface area contributed by atoms with E-state index in [0.717, 1.165) is 42.4 Å². The highest BCUT2D eigenvalue weighted by Crippen LogP contribution is 2.24. The molecule has 1 aromatic carbocycles. The molecule has 0 aromatic heterocycles. The summed E-state index contributed by atoms with van der Waals surface area (Å²) in [7, 11) is 1.93. The highest BCUT2D eigenvalue weighted by atomic mass is 16.2. The molecule has 3 nitrogen and oxygen atoms in total. The van der Waals surface area contributed by atoms with Crippen molar-refractivity contribution >= 4 is 5.91 Å². The third-order valence-corrected chi connectivity index (χ3v) is 4.50. The number of carbonyl (C=O) groups is 1. The van der Waals surface area contributed by atoms with Gasteiger partial charge in [0.15, 0.2) is 0 Å². The van der Waals surface area contributed by atoms with Gasteiger partial charge in [0.25, 0.3) is 5.91 Å². The van der Waals surface area contributed by atoms with E-state index in [1.165, 1.54) is 5.56 Å². The molecule has 2 N–H and O–H groups in total. The molecule has 1 saturated carbocycles. The number of rotatable bonds is 2. The molecular weight excluding hydrogens is 248 g/mol. The van der Waals surface area contributed by atoms with Crippen molar-refractivity contribution in [2.45, 2.75) is 58.5 Å². The lowest BCUT2D eigenvalue weighted by Crippen LogP contribution is -2.42. The van der Waals surface area contributed by atoms with Gasteiger partial charge in [0, 0.05) is 24.7 Å². The summed E-state index contributed by atoms with van der Waals surface area (Å²) >= 11 is 0. The van der Waals surface area contributed by atoms with Gasteiger partial charge >= 0.3 is 0 Å². The summed E-state index contributed by atoms with van der Waals surface area (Å²) in [6.07, 6.45) is 4.09. The molecule has 1 aliphatic carbocycles. The first-order valence-electron chi connectivity index (χ1n) is 7.50. The molecule has 0 atom stereocenters. The van der Waals surface area contributed by atoms with Crippen LogP contribution < -0.4 is 5.73 Å². The summed E-state index contributed by atoms with van der Waals surface area (Å²) in [5, 5.41) is 0. The van der Waals surface area contributed by atoms with E-state index in [9.17, 15) is 4.79 Å². The van der Waals surface area contributed by atoms with E-state index in [4.69, 9.17) is 5.73 Å². The summed E-state index contributed by atoms with van der Waals surface area (Å²) in [5.41, 5.74) is 10.2. The Labute approximate surface area is 122 Å². The standard InChI is InChI=1S/C17H26N2O/c1-11-9-12(2)16(13(3)10-11)17(20)19(4)15-7-5-14(18)6-8-15/h9-10,14-15H,5-8,18H2,1-4H3. The Kier molecular flexibility index (Phi) is 4.48. The van der Waals surface area contributed by atoms with Crippen LogP contribution in [0.4, 0.5) is 0 Å². The highest BCUT2D eigenvalue weighted by Gasteiger charge is 2.27. The molecule has 0 radical (unpaired) electrons. The SMILES string of the molecule is Cc1cc(C)c(C(=O)N(C)C2CCC(N)CC2)c(C)c1. The number of nitrogens with zero attached hydrogens (tertiary/aromatic N) is 1. The summed E-state index contributed by atoms with van der Waals surface area (Å²) < 4.78 is 0. The Hall–Kier alpha value is -1.35. The van der Waals surface area contributed by atoms with Crippen LogP contribution in [0.1, 0.15) is 52.7 Å². The van der Waals surface area contributed by atoms with Gasteiger partial charge in [-0.3, -0.25) is 4.79 Å². The number of hydrogen-bond acceptors (Lipinski definition) is 2. The molecule has 1 fully saturated rings. The minimum absolute atomic E-state index is 0.153. The summed E-state index contributed by atoms with van der Waals surface area (Å²) in [4.78, 5) is 14.7. The van der Waals surface area contributed by atoms with Crippen molar-refractivity contribution in [3.63, 3.8) is 0 Å². The lowest BCUT2D eigenvalue weighted by Gasteiger charge is -2.34. The van der Waals surface area contributed by atoms with Crippen LogP contribution in [0.25, 0.3) is 0 Å². The number of amides is 1. The van der Waals surface area contributed by atoms with Gasteiger partial charge < -0.3 is 10.6 Å². The van der Waals surface area contributed by atoms with Gasteiger partial charge in [-0.2, -0.15) is 0 Å². The zero-order valence-corrected chi connectivity index (χ0v) is 13.1. The minimum atomic E-state index is 0.153. The first-order chi connectivity index (χ1) is 9.40. The number of aryl methyl sites for hydroxylation is 3. The Balaban J connectivity index is 2.19.